The highest BCUT2D eigenvalue weighted by molar-refractivity contribution is 6.34. The van der Waals surface area contributed by atoms with E-state index in [1.807, 2.05) is 0 Å². The Balaban J connectivity index is 2.37. The van der Waals surface area contributed by atoms with Crippen LogP contribution < -0.4 is 0 Å². The van der Waals surface area contributed by atoms with Crippen LogP contribution in [0, 0.1) is 0 Å². The van der Waals surface area contributed by atoms with Gasteiger partial charge in [-0.25, -0.2) is 0 Å². The van der Waals surface area contributed by atoms with E-state index >= 15 is 0 Å². The molecule has 50 valence electrons. The van der Waals surface area contributed by atoms with Crippen molar-refractivity contribution >= 4 is 18.0 Å². The van der Waals surface area contributed by atoms with E-state index in [9.17, 15) is 4.79 Å². The molecule has 0 saturated carbocycles. The van der Waals surface area contributed by atoms with Crippen LogP contribution in [0.25, 0.3) is 0 Å². The highest BCUT2D eigenvalue weighted by Crippen LogP contribution is 2.05. The maximum Gasteiger partial charge on any atom is 0.267 e. The van der Waals surface area contributed by atoms with Crippen LogP contribution in [-0.4, -0.2) is 29.4 Å². The molecule has 10 heavy (non-hydrogen) atoms. The molecule has 2 aliphatic rings. The molecule has 0 saturated heterocycles. The van der Waals surface area contributed by atoms with Gasteiger partial charge in [-0.05, 0) is 0 Å². The van der Waals surface area contributed by atoms with Gasteiger partial charge in [0, 0.05) is 12.4 Å². The van der Waals surface area contributed by atoms with E-state index < -0.39 is 0 Å². The molecule has 2 rings (SSSR count). The number of amides is 1. The number of rotatable bonds is 0. The van der Waals surface area contributed by atoms with Crippen LogP contribution in [0.5, 0.6) is 0 Å². The highest BCUT2D eigenvalue weighted by Gasteiger charge is 2.20. The summed E-state index contributed by atoms with van der Waals surface area (Å²) < 4.78 is 0. The largest absolute Gasteiger partial charge is 0.321 e. The summed E-state index contributed by atoms with van der Waals surface area (Å²) in [6.45, 7) is 0.359. The number of nitrogens with zero attached hydrogens (tertiary/aromatic N) is 3. The zero-order valence-electron chi connectivity index (χ0n) is 5.19. The average Bonchev–Trinajstić information content (AvgIpc) is 2.27. The lowest BCUT2D eigenvalue weighted by molar-refractivity contribution is -0.116. The third-order valence-electron chi connectivity index (χ3n) is 1.36. The van der Waals surface area contributed by atoms with Crippen LogP contribution >= 0.6 is 0 Å². The maximum atomic E-state index is 10.7. The average molecular weight is 135 g/mol. The van der Waals surface area contributed by atoms with Crippen molar-refractivity contribution < 1.29 is 4.79 Å². The Kier molecular flexibility index (Phi) is 0.943. The standard InChI is InChI=1S/C6H5N3O/c10-6-4-9-2-1-7-3-5(9)8-6/h1-3H,4H2. The second-order valence-corrected chi connectivity index (χ2v) is 2.07. The van der Waals surface area contributed by atoms with Crippen molar-refractivity contribution in [2.24, 2.45) is 9.98 Å². The molecule has 0 unspecified atom stereocenters. The van der Waals surface area contributed by atoms with Crippen LogP contribution in [0.2, 0.25) is 0 Å². The number of carbonyl (C=O) groups excluding carboxylic acids is 1. The fraction of sp³-hybridized carbons (Fsp3) is 0.167. The number of aliphatic imine (C=N–C) groups is 2. The molecule has 0 spiro atoms. The Hall–Kier alpha value is -1.45. The summed E-state index contributed by atoms with van der Waals surface area (Å²) in [6, 6.07) is 0. The van der Waals surface area contributed by atoms with Crippen molar-refractivity contribution in [3.05, 3.63) is 12.4 Å². The Morgan fingerprint density at radius 1 is 1.60 bits per heavy atom. The molecule has 0 atom stereocenters. The summed E-state index contributed by atoms with van der Waals surface area (Å²) in [7, 11) is 0. The molecule has 4 nitrogen and oxygen atoms in total. The van der Waals surface area contributed by atoms with E-state index in [0.29, 0.717) is 12.4 Å². The molecule has 0 aromatic rings. The van der Waals surface area contributed by atoms with Gasteiger partial charge in [-0.3, -0.25) is 9.79 Å². The van der Waals surface area contributed by atoms with E-state index in [4.69, 9.17) is 0 Å². The Bertz CT molecular complexity index is 264. The van der Waals surface area contributed by atoms with Gasteiger partial charge in [-0.15, -0.1) is 0 Å². The van der Waals surface area contributed by atoms with Crippen molar-refractivity contribution in [1.82, 2.24) is 4.90 Å². The lowest BCUT2D eigenvalue weighted by Crippen LogP contribution is -2.24. The molecule has 0 N–H and O–H groups in total. The van der Waals surface area contributed by atoms with Crippen LogP contribution in [0.3, 0.4) is 0 Å². The molecule has 2 heterocycles. The smallest absolute Gasteiger partial charge is 0.267 e. The van der Waals surface area contributed by atoms with Gasteiger partial charge in [0.1, 0.15) is 6.54 Å². The van der Waals surface area contributed by atoms with E-state index in [-0.39, 0.29) is 5.91 Å². The minimum atomic E-state index is -0.104. The topological polar surface area (TPSA) is 45.0 Å². The molecule has 0 aliphatic carbocycles. The van der Waals surface area contributed by atoms with Crippen molar-refractivity contribution in [3.63, 3.8) is 0 Å². The minimum absolute atomic E-state index is 0.104. The first kappa shape index (κ1) is 5.34. The number of hydrogen-bond acceptors (Lipinski definition) is 3. The van der Waals surface area contributed by atoms with Crippen LogP contribution in [-0.2, 0) is 4.79 Å². The fourth-order valence-corrected chi connectivity index (χ4v) is 0.915. The first-order valence-corrected chi connectivity index (χ1v) is 2.94. The minimum Gasteiger partial charge on any atom is -0.321 e. The molecule has 0 aromatic carbocycles. The molecule has 2 aliphatic heterocycles. The quantitative estimate of drug-likeness (QED) is 0.461. The summed E-state index contributed by atoms with van der Waals surface area (Å²) in [5.74, 6) is 0.542. The van der Waals surface area contributed by atoms with Crippen LogP contribution in [0.15, 0.2) is 22.4 Å². The van der Waals surface area contributed by atoms with Crippen LogP contribution in [0.4, 0.5) is 0 Å². The summed E-state index contributed by atoms with van der Waals surface area (Å²) in [4.78, 5) is 20.0. The lowest BCUT2D eigenvalue weighted by Gasteiger charge is -2.11. The van der Waals surface area contributed by atoms with Gasteiger partial charge in [0.2, 0.25) is 0 Å². The van der Waals surface area contributed by atoms with Gasteiger partial charge in [0.05, 0.1) is 6.21 Å². The van der Waals surface area contributed by atoms with Crippen molar-refractivity contribution in [2.45, 2.75) is 0 Å². The first-order valence-electron chi connectivity index (χ1n) is 2.94. The molecule has 0 fully saturated rings. The lowest BCUT2D eigenvalue weighted by atomic mass is 10.5. The fourth-order valence-electron chi connectivity index (χ4n) is 0.915. The van der Waals surface area contributed by atoms with E-state index in [1.54, 1.807) is 23.5 Å². The van der Waals surface area contributed by atoms with Gasteiger partial charge < -0.3 is 4.90 Å². The zero-order valence-corrected chi connectivity index (χ0v) is 5.19. The number of carbonyl (C=O) groups is 1. The van der Waals surface area contributed by atoms with Gasteiger partial charge in [-0.2, -0.15) is 4.99 Å². The molecule has 4 heteroatoms. The molecule has 0 radical (unpaired) electrons. The number of fused-ring (bicyclic) bond motifs is 1. The van der Waals surface area contributed by atoms with Crippen molar-refractivity contribution in [1.29, 1.82) is 0 Å². The van der Waals surface area contributed by atoms with E-state index in [2.05, 4.69) is 9.98 Å². The normalized spacial score (nSPS) is 21.4. The van der Waals surface area contributed by atoms with Gasteiger partial charge in [0.25, 0.3) is 5.91 Å². The predicted molar refractivity (Wildman–Crippen MR) is 36.8 cm³/mol. The third-order valence-corrected chi connectivity index (χ3v) is 1.36. The Morgan fingerprint density at radius 3 is 3.30 bits per heavy atom. The second kappa shape index (κ2) is 1.76. The summed E-state index contributed by atoms with van der Waals surface area (Å²) >= 11 is 0. The summed E-state index contributed by atoms with van der Waals surface area (Å²) in [5, 5.41) is 0. The molecular weight excluding hydrogens is 130 g/mol. The summed E-state index contributed by atoms with van der Waals surface area (Å²) in [5.41, 5.74) is 0. The van der Waals surface area contributed by atoms with Crippen LogP contribution in [0.1, 0.15) is 0 Å². The number of hydrogen-bond donors (Lipinski definition) is 0. The van der Waals surface area contributed by atoms with Gasteiger partial charge in [-0.1, -0.05) is 0 Å². The van der Waals surface area contributed by atoms with Gasteiger partial charge >= 0.3 is 0 Å². The maximum absolute atomic E-state index is 10.7. The second-order valence-electron chi connectivity index (χ2n) is 2.07. The molecule has 0 aromatic heterocycles. The molecular formula is C6H5N3O. The number of amidine groups is 1. The SMILES string of the molecule is O=C1CN2C=CN=CC2=N1. The monoisotopic (exact) mass is 135 g/mol. The van der Waals surface area contributed by atoms with E-state index in [0.717, 1.165) is 0 Å². The Morgan fingerprint density at radius 2 is 2.50 bits per heavy atom. The summed E-state index contributed by atoms with van der Waals surface area (Å²) in [6.07, 6.45) is 4.95. The van der Waals surface area contributed by atoms with Crippen molar-refractivity contribution in [2.75, 3.05) is 6.54 Å². The first-order chi connectivity index (χ1) is 4.86. The molecule has 0 bridgehead atoms. The third kappa shape index (κ3) is 0.655. The highest BCUT2D eigenvalue weighted by atomic mass is 16.2. The van der Waals surface area contributed by atoms with Crippen molar-refractivity contribution in [3.8, 4) is 0 Å². The van der Waals surface area contributed by atoms with E-state index in [1.165, 1.54) is 0 Å². The zero-order chi connectivity index (χ0) is 6.97. The van der Waals surface area contributed by atoms with Gasteiger partial charge in [0.15, 0.2) is 5.84 Å². The predicted octanol–water partition coefficient (Wildman–Crippen LogP) is -0.217. The Labute approximate surface area is 57.6 Å². The molecule has 1 amide bonds.